The van der Waals surface area contributed by atoms with Crippen LogP contribution in [0.3, 0.4) is 0 Å². The first-order chi connectivity index (χ1) is 18.7. The summed E-state index contributed by atoms with van der Waals surface area (Å²) in [5, 5.41) is 14.2. The summed E-state index contributed by atoms with van der Waals surface area (Å²) in [6, 6.07) is 5.64. The van der Waals surface area contributed by atoms with Crippen molar-refractivity contribution in [2.24, 2.45) is 41.2 Å². The molecule has 0 radical (unpaired) electrons. The van der Waals surface area contributed by atoms with Gasteiger partial charge in [-0.15, -0.1) is 0 Å². The van der Waals surface area contributed by atoms with E-state index in [1.54, 1.807) is 14.2 Å². The zero-order valence-electron chi connectivity index (χ0n) is 24.9. The Bertz CT molecular complexity index is 884. The summed E-state index contributed by atoms with van der Waals surface area (Å²) in [7, 11) is 3.33. The summed E-state index contributed by atoms with van der Waals surface area (Å²) < 4.78 is 22.3. The van der Waals surface area contributed by atoms with Gasteiger partial charge in [0.2, 0.25) is 5.91 Å². The fourth-order valence-electron chi connectivity index (χ4n) is 5.86. The fourth-order valence-corrected chi connectivity index (χ4v) is 5.86. The summed E-state index contributed by atoms with van der Waals surface area (Å²) in [4.78, 5) is 13.0. The van der Waals surface area contributed by atoms with Gasteiger partial charge < -0.3 is 35.1 Å². The van der Waals surface area contributed by atoms with E-state index < -0.39 is 12.1 Å². The Morgan fingerprint density at radius 1 is 1.13 bits per heavy atom. The first-order valence-electron chi connectivity index (χ1n) is 14.8. The van der Waals surface area contributed by atoms with Crippen LogP contribution in [0.15, 0.2) is 18.2 Å². The molecule has 1 aromatic rings. The number of carbonyl (C=O) groups is 1. The maximum Gasteiger partial charge on any atom is 0.223 e. The van der Waals surface area contributed by atoms with Gasteiger partial charge in [-0.05, 0) is 67.1 Å². The Morgan fingerprint density at radius 3 is 2.51 bits per heavy atom. The van der Waals surface area contributed by atoms with Gasteiger partial charge >= 0.3 is 0 Å². The molecule has 3 rings (SSSR count). The molecule has 1 aromatic carbocycles. The number of benzene rings is 1. The third-order valence-electron chi connectivity index (χ3n) is 8.65. The van der Waals surface area contributed by atoms with Crippen LogP contribution in [0.1, 0.15) is 58.9 Å². The van der Waals surface area contributed by atoms with Crippen molar-refractivity contribution in [3.8, 4) is 11.5 Å². The number of methoxy groups -OCH3 is 2. The van der Waals surface area contributed by atoms with Crippen LogP contribution in [0.5, 0.6) is 11.5 Å². The van der Waals surface area contributed by atoms with E-state index >= 15 is 0 Å². The van der Waals surface area contributed by atoms with Crippen LogP contribution in [-0.2, 0) is 20.7 Å². The van der Waals surface area contributed by atoms with Gasteiger partial charge in [0.05, 0.1) is 25.9 Å². The van der Waals surface area contributed by atoms with E-state index in [0.717, 1.165) is 37.2 Å². The van der Waals surface area contributed by atoms with Gasteiger partial charge in [-0.3, -0.25) is 4.79 Å². The molecule has 1 heterocycles. The molecule has 2 aliphatic rings. The maximum atomic E-state index is 13.0. The van der Waals surface area contributed by atoms with Crippen molar-refractivity contribution in [1.82, 2.24) is 5.32 Å². The summed E-state index contributed by atoms with van der Waals surface area (Å²) in [6.45, 7) is 11.2. The van der Waals surface area contributed by atoms with E-state index in [2.05, 4.69) is 25.2 Å². The van der Waals surface area contributed by atoms with Crippen LogP contribution in [0.2, 0.25) is 0 Å². The van der Waals surface area contributed by atoms with Gasteiger partial charge in [0.1, 0.15) is 0 Å². The van der Waals surface area contributed by atoms with Gasteiger partial charge in [-0.1, -0.05) is 33.8 Å². The molecule has 8 heteroatoms. The molecule has 2 unspecified atom stereocenters. The lowest BCUT2D eigenvalue weighted by molar-refractivity contribution is -0.127. The lowest BCUT2D eigenvalue weighted by atomic mass is 9.81. The summed E-state index contributed by atoms with van der Waals surface area (Å²) >= 11 is 0. The number of nitrogens with one attached hydrogen (secondary N) is 1. The molecule has 1 saturated heterocycles. The number of rotatable bonds is 18. The zero-order chi connectivity index (χ0) is 28.5. The number of ether oxygens (including phenoxy) is 4. The van der Waals surface area contributed by atoms with E-state index in [4.69, 9.17) is 24.7 Å². The number of amides is 1. The Balaban J connectivity index is 1.54. The van der Waals surface area contributed by atoms with Crippen molar-refractivity contribution in [2.45, 2.75) is 78.0 Å². The number of hydrogen-bond donors (Lipinski definition) is 3. The minimum absolute atomic E-state index is 0.0119. The average Bonchev–Trinajstić information content (AvgIpc) is 3.32. The van der Waals surface area contributed by atoms with E-state index in [9.17, 15) is 9.90 Å². The minimum Gasteiger partial charge on any atom is -0.493 e. The number of carbonyl (C=O) groups excluding carboxylic acids is 1. The smallest absolute Gasteiger partial charge is 0.223 e. The molecular formula is C31H52N2O6. The Morgan fingerprint density at radius 2 is 1.90 bits per heavy atom. The highest BCUT2D eigenvalue weighted by molar-refractivity contribution is 5.79. The second-order valence-electron chi connectivity index (χ2n) is 12.1. The Kier molecular flexibility index (Phi) is 12.4. The van der Waals surface area contributed by atoms with Gasteiger partial charge in [0.25, 0.3) is 0 Å². The van der Waals surface area contributed by atoms with E-state index in [-0.39, 0.29) is 23.7 Å². The third kappa shape index (κ3) is 9.07. The molecule has 0 bridgehead atoms. The molecule has 1 aliphatic carbocycles. The van der Waals surface area contributed by atoms with Crippen LogP contribution in [-0.4, -0.2) is 69.8 Å². The lowest BCUT2D eigenvalue weighted by Crippen LogP contribution is -2.43. The normalized spacial score (nSPS) is 23.3. The summed E-state index contributed by atoms with van der Waals surface area (Å²) in [5.74, 6) is 2.99. The van der Waals surface area contributed by atoms with Crippen molar-refractivity contribution in [1.29, 1.82) is 0 Å². The second-order valence-corrected chi connectivity index (χ2v) is 12.1. The van der Waals surface area contributed by atoms with Gasteiger partial charge in [0, 0.05) is 51.2 Å². The molecule has 1 amide bonds. The van der Waals surface area contributed by atoms with Gasteiger partial charge in [-0.25, -0.2) is 0 Å². The fraction of sp³-hybridized carbons (Fsp3) is 0.774. The van der Waals surface area contributed by atoms with Crippen molar-refractivity contribution in [3.63, 3.8) is 0 Å². The highest BCUT2D eigenvalue weighted by atomic mass is 16.5. The number of fused-ring (bicyclic) bond motifs is 1. The molecule has 8 nitrogen and oxygen atoms in total. The van der Waals surface area contributed by atoms with Crippen molar-refractivity contribution in [3.05, 3.63) is 23.8 Å². The van der Waals surface area contributed by atoms with Crippen molar-refractivity contribution < 1.29 is 28.8 Å². The molecule has 39 heavy (non-hydrogen) atoms. The topological polar surface area (TPSA) is 112 Å². The molecule has 7 atom stereocenters. The zero-order valence-corrected chi connectivity index (χ0v) is 24.9. The largest absolute Gasteiger partial charge is 0.493 e. The molecule has 4 N–H and O–H groups in total. The standard InChI is InChI=1S/C31H52N2O6/c1-19(2)22(14-21-8-9-28(37-6)29(15-21)38-12-7-11-36-5)16-26(32)27(34)17-24(20(3)4)31(35)33-18-25-23-10-13-39-30(23)25/h8-9,15,19-20,22-27,30,34H,7,10-14,16-18,32H2,1-6H3,(H,33,35)/t22-,23+,24-,25?,26-,27?,30+/m0/s1. The van der Waals surface area contributed by atoms with E-state index in [0.29, 0.717) is 62.2 Å². The van der Waals surface area contributed by atoms with Crippen LogP contribution >= 0.6 is 0 Å². The highest BCUT2D eigenvalue weighted by Gasteiger charge is 2.54. The maximum absolute atomic E-state index is 13.0. The van der Waals surface area contributed by atoms with Gasteiger partial charge in [-0.2, -0.15) is 0 Å². The Hall–Kier alpha value is -1.87. The van der Waals surface area contributed by atoms with E-state index in [1.807, 2.05) is 26.0 Å². The van der Waals surface area contributed by atoms with Crippen LogP contribution in [0.4, 0.5) is 0 Å². The van der Waals surface area contributed by atoms with Crippen LogP contribution < -0.4 is 20.5 Å². The molecule has 2 fully saturated rings. The van der Waals surface area contributed by atoms with E-state index in [1.165, 1.54) is 0 Å². The average molecular weight is 549 g/mol. The number of aliphatic hydroxyl groups is 1. The Labute approximate surface area is 235 Å². The van der Waals surface area contributed by atoms with Crippen molar-refractivity contribution >= 4 is 5.91 Å². The molecular weight excluding hydrogens is 496 g/mol. The summed E-state index contributed by atoms with van der Waals surface area (Å²) in [5.41, 5.74) is 7.71. The number of nitrogens with two attached hydrogens (primary N) is 1. The lowest BCUT2D eigenvalue weighted by Gasteiger charge is -2.30. The van der Waals surface area contributed by atoms with Crippen molar-refractivity contribution in [2.75, 3.05) is 40.6 Å². The monoisotopic (exact) mass is 548 g/mol. The first kappa shape index (κ1) is 31.7. The summed E-state index contributed by atoms with van der Waals surface area (Å²) in [6.07, 6.45) is 3.34. The predicted molar refractivity (Wildman–Crippen MR) is 153 cm³/mol. The molecule has 1 saturated carbocycles. The number of aliphatic hydroxyl groups excluding tert-OH is 1. The minimum atomic E-state index is -0.747. The molecule has 0 aromatic heterocycles. The SMILES string of the molecule is COCCCOc1cc(C[C@@H](C[C@H](N)C(O)C[C@H](C(=O)NCC2[C@H]3CCO[C@@H]23)C(C)C)C(C)C)ccc1OC. The quantitative estimate of drug-likeness (QED) is 0.239. The van der Waals surface area contributed by atoms with Crippen LogP contribution in [0.25, 0.3) is 0 Å². The molecule has 0 spiro atoms. The van der Waals surface area contributed by atoms with Crippen LogP contribution in [0, 0.1) is 35.5 Å². The first-order valence-corrected chi connectivity index (χ1v) is 14.8. The van der Waals surface area contributed by atoms with Gasteiger partial charge in [0.15, 0.2) is 11.5 Å². The molecule has 1 aliphatic heterocycles. The molecule has 222 valence electrons. The predicted octanol–water partition coefficient (Wildman–Crippen LogP) is 3.82. The highest BCUT2D eigenvalue weighted by Crippen LogP contribution is 2.48. The third-order valence-corrected chi connectivity index (χ3v) is 8.65. The second kappa shape index (κ2) is 15.2. The number of hydrogen-bond acceptors (Lipinski definition) is 7.